The summed E-state index contributed by atoms with van der Waals surface area (Å²) >= 11 is 0. The van der Waals surface area contributed by atoms with Gasteiger partial charge in [0.25, 0.3) is 5.91 Å². The summed E-state index contributed by atoms with van der Waals surface area (Å²) in [6, 6.07) is 11.6. The number of hydrogen-bond donors (Lipinski definition) is 2. The van der Waals surface area contributed by atoms with Crippen LogP contribution in [0.5, 0.6) is 0 Å². The molecule has 1 aliphatic rings. The number of aryl methyl sites for hydroxylation is 1. The highest BCUT2D eigenvalue weighted by atomic mass is 19.1. The lowest BCUT2D eigenvalue weighted by molar-refractivity contribution is 0.0633. The average molecular weight is 313 g/mol. The minimum absolute atomic E-state index is 0.0643. The van der Waals surface area contributed by atoms with Crippen LogP contribution in [0.25, 0.3) is 0 Å². The van der Waals surface area contributed by atoms with Crippen LogP contribution in [0.1, 0.15) is 27.5 Å². The Morgan fingerprint density at radius 3 is 2.91 bits per heavy atom. The molecular weight excluding hydrogens is 293 g/mol. The van der Waals surface area contributed by atoms with Gasteiger partial charge in [0.1, 0.15) is 5.82 Å². The number of carbonyl (C=O) groups is 1. The van der Waals surface area contributed by atoms with E-state index in [4.69, 9.17) is 5.73 Å². The van der Waals surface area contributed by atoms with E-state index in [1.165, 1.54) is 12.1 Å². The van der Waals surface area contributed by atoms with Gasteiger partial charge in [0.15, 0.2) is 0 Å². The number of halogens is 1. The molecule has 23 heavy (non-hydrogen) atoms. The zero-order valence-electron chi connectivity index (χ0n) is 13.1. The predicted molar refractivity (Wildman–Crippen MR) is 88.6 cm³/mol. The van der Waals surface area contributed by atoms with Crippen LogP contribution in [0.2, 0.25) is 0 Å². The number of nitrogens with two attached hydrogens (primary N) is 1. The first-order chi connectivity index (χ1) is 11.1. The van der Waals surface area contributed by atoms with Crippen LogP contribution in [0.3, 0.4) is 0 Å². The Hall–Kier alpha value is -2.40. The molecule has 0 bridgehead atoms. The van der Waals surface area contributed by atoms with Gasteiger partial charge in [-0.1, -0.05) is 18.2 Å². The Morgan fingerprint density at radius 2 is 2.13 bits per heavy atom. The zero-order chi connectivity index (χ0) is 16.4. The second-order valence-electron chi connectivity index (χ2n) is 5.85. The van der Waals surface area contributed by atoms with Gasteiger partial charge in [-0.15, -0.1) is 0 Å². The second-order valence-corrected chi connectivity index (χ2v) is 5.85. The fourth-order valence-corrected chi connectivity index (χ4v) is 2.98. The van der Waals surface area contributed by atoms with Gasteiger partial charge in [0.05, 0.1) is 6.04 Å². The SMILES string of the molecule is Cc1ccc(N)cc1C(=O)N1CCNCC1c1cccc(F)c1. The van der Waals surface area contributed by atoms with E-state index in [0.717, 1.165) is 17.7 Å². The number of nitrogens with zero attached hydrogens (tertiary/aromatic N) is 1. The summed E-state index contributed by atoms with van der Waals surface area (Å²) < 4.78 is 13.5. The fraction of sp³-hybridized carbons (Fsp3) is 0.278. The summed E-state index contributed by atoms with van der Waals surface area (Å²) in [6.45, 7) is 3.80. The van der Waals surface area contributed by atoms with E-state index in [-0.39, 0.29) is 17.8 Å². The van der Waals surface area contributed by atoms with Gasteiger partial charge in [0.2, 0.25) is 0 Å². The van der Waals surface area contributed by atoms with E-state index in [9.17, 15) is 9.18 Å². The highest BCUT2D eigenvalue weighted by Gasteiger charge is 2.29. The molecule has 120 valence electrons. The lowest BCUT2D eigenvalue weighted by atomic mass is 10.00. The van der Waals surface area contributed by atoms with Gasteiger partial charge in [-0.25, -0.2) is 4.39 Å². The van der Waals surface area contributed by atoms with Crippen LogP contribution in [0, 0.1) is 12.7 Å². The highest BCUT2D eigenvalue weighted by molar-refractivity contribution is 5.96. The van der Waals surface area contributed by atoms with Gasteiger partial charge in [0, 0.05) is 30.9 Å². The van der Waals surface area contributed by atoms with E-state index in [1.807, 2.05) is 19.1 Å². The molecule has 2 aromatic carbocycles. The van der Waals surface area contributed by atoms with Crippen molar-refractivity contribution < 1.29 is 9.18 Å². The molecule has 0 spiro atoms. The molecule has 1 atom stereocenters. The van der Waals surface area contributed by atoms with Gasteiger partial charge in [-0.2, -0.15) is 0 Å². The number of benzene rings is 2. The maximum absolute atomic E-state index is 13.5. The van der Waals surface area contributed by atoms with Gasteiger partial charge in [-0.3, -0.25) is 4.79 Å². The number of piperazine rings is 1. The zero-order valence-corrected chi connectivity index (χ0v) is 13.1. The average Bonchev–Trinajstić information content (AvgIpc) is 2.56. The summed E-state index contributed by atoms with van der Waals surface area (Å²) in [7, 11) is 0. The topological polar surface area (TPSA) is 58.4 Å². The smallest absolute Gasteiger partial charge is 0.254 e. The lowest BCUT2D eigenvalue weighted by Crippen LogP contribution is -2.48. The molecule has 3 rings (SSSR count). The minimum Gasteiger partial charge on any atom is -0.399 e. The number of nitrogen functional groups attached to an aromatic ring is 1. The molecule has 1 aliphatic heterocycles. The molecule has 1 heterocycles. The third-order valence-corrected chi connectivity index (χ3v) is 4.23. The van der Waals surface area contributed by atoms with E-state index in [0.29, 0.717) is 24.3 Å². The predicted octanol–water partition coefficient (Wildman–Crippen LogP) is 2.50. The van der Waals surface area contributed by atoms with Crippen LogP contribution >= 0.6 is 0 Å². The van der Waals surface area contributed by atoms with E-state index in [1.54, 1.807) is 23.1 Å². The Kier molecular flexibility index (Phi) is 4.30. The second kappa shape index (κ2) is 6.38. The number of amides is 1. The van der Waals surface area contributed by atoms with Crippen molar-refractivity contribution in [2.24, 2.45) is 0 Å². The number of hydrogen-bond acceptors (Lipinski definition) is 3. The number of anilines is 1. The third-order valence-electron chi connectivity index (χ3n) is 4.23. The summed E-state index contributed by atoms with van der Waals surface area (Å²) in [4.78, 5) is 14.8. The van der Waals surface area contributed by atoms with Crippen molar-refractivity contribution >= 4 is 11.6 Å². The standard InChI is InChI=1S/C18H20FN3O/c1-12-5-6-15(20)10-16(12)18(23)22-8-7-21-11-17(22)13-3-2-4-14(19)9-13/h2-6,9-10,17,21H,7-8,11,20H2,1H3. The van der Waals surface area contributed by atoms with Crippen molar-refractivity contribution in [2.45, 2.75) is 13.0 Å². The summed E-state index contributed by atoms with van der Waals surface area (Å²) in [5, 5.41) is 3.27. The Bertz CT molecular complexity index is 732. The summed E-state index contributed by atoms with van der Waals surface area (Å²) in [6.07, 6.45) is 0. The monoisotopic (exact) mass is 313 g/mol. The van der Waals surface area contributed by atoms with Gasteiger partial charge < -0.3 is 16.0 Å². The van der Waals surface area contributed by atoms with Crippen molar-refractivity contribution in [3.63, 3.8) is 0 Å². The Balaban J connectivity index is 1.95. The molecule has 0 aliphatic carbocycles. The molecule has 1 fully saturated rings. The molecule has 1 saturated heterocycles. The Labute approximate surface area is 135 Å². The van der Waals surface area contributed by atoms with Crippen molar-refractivity contribution in [1.29, 1.82) is 0 Å². The van der Waals surface area contributed by atoms with Gasteiger partial charge >= 0.3 is 0 Å². The van der Waals surface area contributed by atoms with Crippen LogP contribution < -0.4 is 11.1 Å². The quantitative estimate of drug-likeness (QED) is 0.838. The third kappa shape index (κ3) is 3.19. The number of carbonyl (C=O) groups excluding carboxylic acids is 1. The molecule has 1 unspecified atom stereocenters. The van der Waals surface area contributed by atoms with Gasteiger partial charge in [-0.05, 0) is 42.3 Å². The molecule has 5 heteroatoms. The van der Waals surface area contributed by atoms with Crippen molar-refractivity contribution in [1.82, 2.24) is 10.2 Å². The van der Waals surface area contributed by atoms with Crippen LogP contribution in [-0.4, -0.2) is 30.4 Å². The summed E-state index contributed by atoms with van der Waals surface area (Å²) in [5.74, 6) is -0.355. The van der Waals surface area contributed by atoms with Crippen LogP contribution in [0.4, 0.5) is 10.1 Å². The molecule has 0 aromatic heterocycles. The van der Waals surface area contributed by atoms with Crippen molar-refractivity contribution in [3.8, 4) is 0 Å². The van der Waals surface area contributed by atoms with Crippen LogP contribution in [0.15, 0.2) is 42.5 Å². The molecule has 4 nitrogen and oxygen atoms in total. The van der Waals surface area contributed by atoms with Crippen molar-refractivity contribution in [2.75, 3.05) is 25.4 Å². The number of rotatable bonds is 2. The maximum Gasteiger partial charge on any atom is 0.254 e. The lowest BCUT2D eigenvalue weighted by Gasteiger charge is -2.37. The molecule has 3 N–H and O–H groups in total. The first kappa shape index (κ1) is 15.5. The molecule has 1 amide bonds. The van der Waals surface area contributed by atoms with Crippen molar-refractivity contribution in [3.05, 3.63) is 65.0 Å². The molecule has 2 aromatic rings. The minimum atomic E-state index is -0.291. The molecule has 0 radical (unpaired) electrons. The largest absolute Gasteiger partial charge is 0.399 e. The first-order valence-corrected chi connectivity index (χ1v) is 7.69. The summed E-state index contributed by atoms with van der Waals surface area (Å²) in [5.41, 5.74) is 8.69. The van der Waals surface area contributed by atoms with E-state index in [2.05, 4.69) is 5.32 Å². The fourth-order valence-electron chi connectivity index (χ4n) is 2.98. The first-order valence-electron chi connectivity index (χ1n) is 7.69. The number of nitrogens with one attached hydrogen (secondary N) is 1. The maximum atomic E-state index is 13.5. The Morgan fingerprint density at radius 1 is 1.30 bits per heavy atom. The van der Waals surface area contributed by atoms with E-state index >= 15 is 0 Å². The van der Waals surface area contributed by atoms with Crippen LogP contribution in [-0.2, 0) is 0 Å². The van der Waals surface area contributed by atoms with E-state index < -0.39 is 0 Å². The highest BCUT2D eigenvalue weighted by Crippen LogP contribution is 2.26. The normalized spacial score (nSPS) is 18.0. The molecule has 0 saturated carbocycles. The molecular formula is C18H20FN3O.